The number of hydrogen-bond donors (Lipinski definition) is 2. The fourth-order valence-electron chi connectivity index (χ4n) is 2.83. The topological polar surface area (TPSA) is 93.7 Å². The Morgan fingerprint density at radius 2 is 1.83 bits per heavy atom. The molecular weight excluding hydrogens is 418 g/mol. The predicted octanol–water partition coefficient (Wildman–Crippen LogP) is 2.79. The zero-order valence-corrected chi connectivity index (χ0v) is 17.9. The van der Waals surface area contributed by atoms with Gasteiger partial charge in [0.15, 0.2) is 11.5 Å². The number of carbonyl (C=O) groups excluding carboxylic acids is 1. The lowest BCUT2D eigenvalue weighted by Crippen LogP contribution is -2.27. The predicted molar refractivity (Wildman–Crippen MR) is 108 cm³/mol. The van der Waals surface area contributed by atoms with Gasteiger partial charge in [0.1, 0.15) is 0 Å². The van der Waals surface area contributed by atoms with Gasteiger partial charge in [-0.25, -0.2) is 13.1 Å². The molecule has 0 aliphatic rings. The second-order valence-electron chi connectivity index (χ2n) is 6.49. The Labute approximate surface area is 174 Å². The van der Waals surface area contributed by atoms with Crippen molar-refractivity contribution in [1.82, 2.24) is 10.0 Å². The second-order valence-corrected chi connectivity index (χ2v) is 8.35. The molecule has 2 N–H and O–H groups in total. The molecule has 0 saturated heterocycles. The van der Waals surface area contributed by atoms with Gasteiger partial charge in [-0.3, -0.25) is 4.79 Å². The van der Waals surface area contributed by atoms with E-state index in [1.54, 1.807) is 26.0 Å². The van der Waals surface area contributed by atoms with Gasteiger partial charge in [0.2, 0.25) is 10.0 Å². The summed E-state index contributed by atoms with van der Waals surface area (Å²) in [7, 11) is -1.06. The number of carbonyl (C=O) groups is 1. The smallest absolute Gasteiger partial charge is 0.387 e. The first-order valence-electron chi connectivity index (χ1n) is 9.03. The molecule has 0 fully saturated rings. The summed E-state index contributed by atoms with van der Waals surface area (Å²) < 4.78 is 61.1. The number of alkyl halides is 2. The largest absolute Gasteiger partial charge is 0.493 e. The summed E-state index contributed by atoms with van der Waals surface area (Å²) in [5, 5.41) is 2.71. The van der Waals surface area contributed by atoms with Crippen LogP contribution in [0.4, 0.5) is 8.78 Å². The fourth-order valence-corrected chi connectivity index (χ4v) is 3.90. The molecule has 0 aromatic heterocycles. The summed E-state index contributed by atoms with van der Waals surface area (Å²) >= 11 is 0. The van der Waals surface area contributed by atoms with Crippen LogP contribution in [-0.4, -0.2) is 41.6 Å². The molecule has 0 bridgehead atoms. The molecule has 0 saturated carbocycles. The molecule has 0 atom stereocenters. The van der Waals surface area contributed by atoms with Gasteiger partial charge in [-0.05, 0) is 68.3 Å². The standard InChI is InChI=1S/C20H24F2N2O5S/c1-12-9-15(11-18(13(12)2)30(26,27)23-3)19(25)24-8-7-14-5-6-16(28-4)17(10-14)29-20(21)22/h5-6,9-11,20,23H,7-8H2,1-4H3,(H,24,25). The van der Waals surface area contributed by atoms with E-state index in [-0.39, 0.29) is 28.5 Å². The zero-order valence-electron chi connectivity index (χ0n) is 17.1. The SMILES string of the molecule is CNS(=O)(=O)c1cc(C(=O)NCCc2ccc(OC)c(OC(F)F)c2)cc(C)c1C. The Hall–Kier alpha value is -2.72. The molecule has 0 unspecified atom stereocenters. The van der Waals surface area contributed by atoms with Gasteiger partial charge in [0, 0.05) is 12.1 Å². The molecule has 1 amide bonds. The van der Waals surface area contributed by atoms with Crippen molar-refractivity contribution in [3.05, 3.63) is 52.6 Å². The lowest BCUT2D eigenvalue weighted by molar-refractivity contribution is -0.0512. The van der Waals surface area contributed by atoms with E-state index in [2.05, 4.69) is 14.8 Å². The molecule has 2 rings (SSSR count). The first-order valence-corrected chi connectivity index (χ1v) is 10.5. The Kier molecular flexibility index (Phi) is 7.74. The lowest BCUT2D eigenvalue weighted by atomic mass is 10.1. The molecule has 2 aromatic rings. The quantitative estimate of drug-likeness (QED) is 0.623. The van der Waals surface area contributed by atoms with Crippen molar-refractivity contribution in [2.45, 2.75) is 31.8 Å². The van der Waals surface area contributed by atoms with E-state index in [1.165, 1.54) is 32.4 Å². The number of sulfonamides is 1. The van der Waals surface area contributed by atoms with Crippen LogP contribution in [0.1, 0.15) is 27.0 Å². The molecule has 2 aromatic carbocycles. The number of hydrogen-bond acceptors (Lipinski definition) is 5. The first kappa shape index (κ1) is 23.6. The average Bonchev–Trinajstić information content (AvgIpc) is 2.69. The van der Waals surface area contributed by atoms with Gasteiger partial charge >= 0.3 is 6.61 Å². The van der Waals surface area contributed by atoms with Crippen molar-refractivity contribution in [1.29, 1.82) is 0 Å². The van der Waals surface area contributed by atoms with Crippen molar-refractivity contribution in [3.8, 4) is 11.5 Å². The van der Waals surface area contributed by atoms with Gasteiger partial charge < -0.3 is 14.8 Å². The number of halogens is 2. The lowest BCUT2D eigenvalue weighted by Gasteiger charge is -2.13. The van der Waals surface area contributed by atoms with Crippen LogP contribution in [0.2, 0.25) is 0 Å². The summed E-state index contributed by atoms with van der Waals surface area (Å²) in [5.74, 6) is -0.355. The minimum absolute atomic E-state index is 0.0408. The van der Waals surface area contributed by atoms with Gasteiger partial charge in [0.25, 0.3) is 5.91 Å². The Balaban J connectivity index is 2.12. The summed E-state index contributed by atoms with van der Waals surface area (Å²) in [6, 6.07) is 7.54. The number of benzene rings is 2. The maximum atomic E-state index is 12.5. The number of rotatable bonds is 9. The third kappa shape index (κ3) is 5.67. The van der Waals surface area contributed by atoms with E-state index in [9.17, 15) is 22.0 Å². The van der Waals surface area contributed by atoms with E-state index in [0.29, 0.717) is 23.1 Å². The molecule has 0 spiro atoms. The van der Waals surface area contributed by atoms with E-state index in [1.807, 2.05) is 0 Å². The van der Waals surface area contributed by atoms with Crippen LogP contribution >= 0.6 is 0 Å². The number of nitrogens with one attached hydrogen (secondary N) is 2. The van der Waals surface area contributed by atoms with Crippen molar-refractivity contribution < 1.29 is 31.5 Å². The Bertz CT molecular complexity index is 1030. The summed E-state index contributed by atoms with van der Waals surface area (Å²) in [6.07, 6.45) is 0.349. The van der Waals surface area contributed by atoms with Gasteiger partial charge in [-0.1, -0.05) is 6.07 Å². The minimum atomic E-state index is -3.71. The van der Waals surface area contributed by atoms with Crippen LogP contribution in [0.5, 0.6) is 11.5 Å². The normalized spacial score (nSPS) is 11.4. The van der Waals surface area contributed by atoms with Gasteiger partial charge in [-0.15, -0.1) is 0 Å². The molecule has 164 valence electrons. The van der Waals surface area contributed by atoms with Crippen molar-refractivity contribution in [3.63, 3.8) is 0 Å². The van der Waals surface area contributed by atoms with Gasteiger partial charge in [0.05, 0.1) is 12.0 Å². The molecule has 10 heteroatoms. The minimum Gasteiger partial charge on any atom is -0.493 e. The zero-order chi connectivity index (χ0) is 22.5. The van der Waals surface area contributed by atoms with Crippen LogP contribution in [-0.2, 0) is 16.4 Å². The molecule has 7 nitrogen and oxygen atoms in total. The molecule has 0 heterocycles. The Morgan fingerprint density at radius 1 is 1.13 bits per heavy atom. The van der Waals surface area contributed by atoms with Crippen LogP contribution in [0.3, 0.4) is 0 Å². The van der Waals surface area contributed by atoms with E-state index in [4.69, 9.17) is 4.74 Å². The molecule has 30 heavy (non-hydrogen) atoms. The maximum Gasteiger partial charge on any atom is 0.387 e. The maximum absolute atomic E-state index is 12.5. The highest BCUT2D eigenvalue weighted by Gasteiger charge is 2.19. The first-order chi connectivity index (χ1) is 14.1. The van der Waals surface area contributed by atoms with E-state index < -0.39 is 22.5 Å². The highest BCUT2D eigenvalue weighted by molar-refractivity contribution is 7.89. The second kappa shape index (κ2) is 9.86. The van der Waals surface area contributed by atoms with Crippen LogP contribution < -0.4 is 19.5 Å². The number of ether oxygens (including phenoxy) is 2. The highest BCUT2D eigenvalue weighted by atomic mass is 32.2. The third-order valence-corrected chi connectivity index (χ3v) is 6.12. The van der Waals surface area contributed by atoms with Crippen molar-refractivity contribution >= 4 is 15.9 Å². The molecule has 0 aliphatic heterocycles. The molecule has 0 aliphatic carbocycles. The van der Waals surface area contributed by atoms with Crippen LogP contribution in [0, 0.1) is 13.8 Å². The van der Waals surface area contributed by atoms with Gasteiger partial charge in [-0.2, -0.15) is 8.78 Å². The third-order valence-electron chi connectivity index (χ3n) is 4.58. The summed E-state index contributed by atoms with van der Waals surface area (Å²) in [6.45, 7) is 0.620. The highest BCUT2D eigenvalue weighted by Crippen LogP contribution is 2.29. The summed E-state index contributed by atoms with van der Waals surface area (Å²) in [5.41, 5.74) is 2.10. The molecular formula is C20H24F2N2O5S. The van der Waals surface area contributed by atoms with E-state index >= 15 is 0 Å². The number of aryl methyl sites for hydroxylation is 1. The fraction of sp³-hybridized carbons (Fsp3) is 0.350. The monoisotopic (exact) mass is 442 g/mol. The number of methoxy groups -OCH3 is 1. The number of amides is 1. The average molecular weight is 442 g/mol. The van der Waals surface area contributed by atoms with Crippen LogP contribution in [0.15, 0.2) is 35.2 Å². The van der Waals surface area contributed by atoms with Crippen molar-refractivity contribution in [2.75, 3.05) is 20.7 Å². The van der Waals surface area contributed by atoms with E-state index in [0.717, 1.165) is 0 Å². The van der Waals surface area contributed by atoms with Crippen molar-refractivity contribution in [2.24, 2.45) is 0 Å². The van der Waals surface area contributed by atoms with Crippen LogP contribution in [0.25, 0.3) is 0 Å². The summed E-state index contributed by atoms with van der Waals surface area (Å²) in [4.78, 5) is 12.5. The molecule has 0 radical (unpaired) electrons. The Morgan fingerprint density at radius 3 is 2.43 bits per heavy atom.